The van der Waals surface area contributed by atoms with E-state index in [1.165, 1.54) is 0 Å². The van der Waals surface area contributed by atoms with E-state index in [2.05, 4.69) is 50.3 Å². The van der Waals surface area contributed by atoms with Crippen molar-refractivity contribution in [3.8, 4) is 6.07 Å². The fraction of sp³-hybridized carbons (Fsp3) is 0.235. The number of rotatable bonds is 5. The van der Waals surface area contributed by atoms with Gasteiger partial charge in [-0.1, -0.05) is 29.8 Å². The first-order chi connectivity index (χ1) is 11.6. The molecule has 7 heteroatoms. The van der Waals surface area contributed by atoms with Crippen molar-refractivity contribution in [2.75, 3.05) is 5.43 Å². The summed E-state index contributed by atoms with van der Waals surface area (Å²) in [4.78, 5) is 7.35. The van der Waals surface area contributed by atoms with Crippen LogP contribution in [0.2, 0.25) is 0 Å². The van der Waals surface area contributed by atoms with Gasteiger partial charge >= 0.3 is 0 Å². The lowest BCUT2D eigenvalue weighted by Crippen LogP contribution is -1.93. The van der Waals surface area contributed by atoms with Crippen LogP contribution in [-0.2, 0) is 6.42 Å². The SMILES string of the molecule is CC(C)Cc1nc(C#N)c(N/N=C/c2c[nH]c3ccc(Br)cc23)o1. The molecule has 0 radical (unpaired) electrons. The van der Waals surface area contributed by atoms with Crippen molar-refractivity contribution < 1.29 is 4.42 Å². The van der Waals surface area contributed by atoms with E-state index in [0.717, 1.165) is 20.9 Å². The zero-order valence-corrected chi connectivity index (χ0v) is 14.9. The molecule has 0 aliphatic heterocycles. The minimum atomic E-state index is 0.212. The van der Waals surface area contributed by atoms with Crippen molar-refractivity contribution in [1.29, 1.82) is 5.26 Å². The molecule has 24 heavy (non-hydrogen) atoms. The number of hydrogen-bond donors (Lipinski definition) is 2. The summed E-state index contributed by atoms with van der Waals surface area (Å²) in [5.74, 6) is 1.21. The average molecular weight is 386 g/mol. The van der Waals surface area contributed by atoms with Gasteiger partial charge in [0.25, 0.3) is 5.88 Å². The van der Waals surface area contributed by atoms with Crippen LogP contribution in [0.15, 0.2) is 38.4 Å². The molecule has 3 aromatic rings. The van der Waals surface area contributed by atoms with Gasteiger partial charge in [-0.05, 0) is 24.1 Å². The molecule has 2 N–H and O–H groups in total. The lowest BCUT2D eigenvalue weighted by molar-refractivity contribution is 0.466. The van der Waals surface area contributed by atoms with E-state index in [1.807, 2.05) is 30.5 Å². The first-order valence-corrected chi connectivity index (χ1v) is 8.31. The minimum Gasteiger partial charge on any atom is -0.422 e. The predicted molar refractivity (Wildman–Crippen MR) is 97.0 cm³/mol. The lowest BCUT2D eigenvalue weighted by Gasteiger charge is -1.98. The number of nitriles is 1. The Balaban J connectivity index is 1.79. The largest absolute Gasteiger partial charge is 0.422 e. The van der Waals surface area contributed by atoms with Crippen molar-refractivity contribution >= 4 is 38.9 Å². The number of fused-ring (bicyclic) bond motifs is 1. The molecule has 0 aliphatic rings. The summed E-state index contributed by atoms with van der Waals surface area (Å²) in [6.45, 7) is 4.13. The highest BCUT2D eigenvalue weighted by molar-refractivity contribution is 9.10. The zero-order chi connectivity index (χ0) is 17.1. The van der Waals surface area contributed by atoms with Crippen molar-refractivity contribution in [3.05, 3.63) is 46.0 Å². The van der Waals surface area contributed by atoms with Gasteiger partial charge in [-0.25, -0.2) is 10.4 Å². The number of benzene rings is 1. The summed E-state index contributed by atoms with van der Waals surface area (Å²) in [7, 11) is 0. The molecule has 2 heterocycles. The Labute approximate surface area is 147 Å². The molecule has 0 saturated carbocycles. The maximum atomic E-state index is 9.15. The third kappa shape index (κ3) is 3.49. The van der Waals surface area contributed by atoms with E-state index in [-0.39, 0.29) is 11.6 Å². The van der Waals surface area contributed by atoms with E-state index < -0.39 is 0 Å². The summed E-state index contributed by atoms with van der Waals surface area (Å²) < 4.78 is 6.57. The third-order valence-corrected chi connectivity index (χ3v) is 3.90. The Morgan fingerprint density at radius 2 is 2.33 bits per heavy atom. The number of nitrogens with one attached hydrogen (secondary N) is 2. The molecule has 122 valence electrons. The highest BCUT2D eigenvalue weighted by atomic mass is 79.9. The van der Waals surface area contributed by atoms with Crippen molar-refractivity contribution in [3.63, 3.8) is 0 Å². The molecule has 0 unspecified atom stereocenters. The van der Waals surface area contributed by atoms with E-state index in [0.29, 0.717) is 18.2 Å². The van der Waals surface area contributed by atoms with Gasteiger partial charge in [0.1, 0.15) is 6.07 Å². The quantitative estimate of drug-likeness (QED) is 0.501. The molecular weight excluding hydrogens is 370 g/mol. The number of hydrazone groups is 1. The number of H-pyrrole nitrogens is 1. The van der Waals surface area contributed by atoms with Gasteiger partial charge in [-0.3, -0.25) is 0 Å². The maximum Gasteiger partial charge on any atom is 0.252 e. The number of oxazole rings is 1. The number of anilines is 1. The van der Waals surface area contributed by atoms with E-state index in [4.69, 9.17) is 9.68 Å². The van der Waals surface area contributed by atoms with Gasteiger partial charge in [0.15, 0.2) is 5.89 Å². The number of hydrogen-bond acceptors (Lipinski definition) is 5. The fourth-order valence-corrected chi connectivity index (χ4v) is 2.70. The molecule has 0 aliphatic carbocycles. The summed E-state index contributed by atoms with van der Waals surface area (Å²) in [6.07, 6.45) is 4.23. The van der Waals surface area contributed by atoms with Crippen LogP contribution < -0.4 is 5.43 Å². The van der Waals surface area contributed by atoms with Crippen LogP contribution >= 0.6 is 15.9 Å². The standard InChI is InChI=1S/C17H16BrN5O/c1-10(2)5-16-22-15(7-19)17(24-16)23-21-9-11-8-20-14-4-3-12(18)6-13(11)14/h3-4,6,8-10,20,23H,5H2,1-2H3/b21-9+. The van der Waals surface area contributed by atoms with Gasteiger partial charge in [0.2, 0.25) is 5.69 Å². The van der Waals surface area contributed by atoms with Gasteiger partial charge in [0.05, 0.1) is 6.21 Å². The van der Waals surface area contributed by atoms with Gasteiger partial charge in [-0.2, -0.15) is 10.4 Å². The van der Waals surface area contributed by atoms with Crippen LogP contribution in [0.4, 0.5) is 5.88 Å². The summed E-state index contributed by atoms with van der Waals surface area (Å²) in [6, 6.07) is 8.00. The Bertz CT molecular complexity index is 932. The van der Waals surface area contributed by atoms with E-state index in [1.54, 1.807) is 6.21 Å². The van der Waals surface area contributed by atoms with Crippen LogP contribution in [0.1, 0.15) is 31.0 Å². The van der Waals surface area contributed by atoms with E-state index in [9.17, 15) is 0 Å². The van der Waals surface area contributed by atoms with Crippen molar-refractivity contribution in [2.24, 2.45) is 11.0 Å². The van der Waals surface area contributed by atoms with E-state index >= 15 is 0 Å². The molecule has 1 aromatic carbocycles. The Kier molecular flexibility index (Phi) is 4.67. The predicted octanol–water partition coefficient (Wildman–Crippen LogP) is 4.43. The second-order valence-corrected chi connectivity index (χ2v) is 6.71. The Hall–Kier alpha value is -2.59. The smallest absolute Gasteiger partial charge is 0.252 e. The van der Waals surface area contributed by atoms with Gasteiger partial charge in [0, 0.05) is 33.6 Å². The molecule has 2 aromatic heterocycles. The summed E-state index contributed by atoms with van der Waals surface area (Å²) in [5.41, 5.74) is 4.93. The van der Waals surface area contributed by atoms with Gasteiger partial charge in [-0.15, -0.1) is 0 Å². The fourth-order valence-electron chi connectivity index (χ4n) is 2.33. The molecule has 0 saturated heterocycles. The van der Waals surface area contributed by atoms with Gasteiger partial charge < -0.3 is 9.40 Å². The minimum absolute atomic E-state index is 0.212. The molecule has 6 nitrogen and oxygen atoms in total. The average Bonchev–Trinajstić information content (AvgIpc) is 3.10. The van der Waals surface area contributed by atoms with Crippen LogP contribution in [0.5, 0.6) is 0 Å². The maximum absolute atomic E-state index is 9.15. The van der Waals surface area contributed by atoms with Crippen LogP contribution in [0.25, 0.3) is 10.9 Å². The Morgan fingerprint density at radius 1 is 1.50 bits per heavy atom. The lowest BCUT2D eigenvalue weighted by atomic mass is 10.1. The second kappa shape index (κ2) is 6.89. The van der Waals surface area contributed by atoms with Crippen LogP contribution in [0.3, 0.4) is 0 Å². The summed E-state index contributed by atoms with van der Waals surface area (Å²) in [5, 5.41) is 14.4. The molecular formula is C17H16BrN5O. The molecule has 0 fully saturated rings. The highest BCUT2D eigenvalue weighted by Crippen LogP contribution is 2.22. The first-order valence-electron chi connectivity index (χ1n) is 7.52. The monoisotopic (exact) mass is 385 g/mol. The van der Waals surface area contributed by atoms with Crippen molar-refractivity contribution in [1.82, 2.24) is 9.97 Å². The topological polar surface area (TPSA) is 90.0 Å². The van der Waals surface area contributed by atoms with Crippen LogP contribution in [-0.4, -0.2) is 16.2 Å². The normalized spacial score (nSPS) is 11.5. The zero-order valence-electron chi connectivity index (χ0n) is 13.3. The molecule has 0 amide bonds. The van der Waals surface area contributed by atoms with Crippen molar-refractivity contribution in [2.45, 2.75) is 20.3 Å². The third-order valence-electron chi connectivity index (χ3n) is 3.41. The summed E-state index contributed by atoms with van der Waals surface area (Å²) >= 11 is 3.46. The number of aromatic nitrogens is 2. The molecule has 0 atom stereocenters. The number of halogens is 1. The first kappa shape index (κ1) is 16.3. The molecule has 3 rings (SSSR count). The number of nitrogens with zero attached hydrogens (tertiary/aromatic N) is 3. The highest BCUT2D eigenvalue weighted by Gasteiger charge is 2.13. The molecule has 0 bridgehead atoms. The Morgan fingerprint density at radius 3 is 3.08 bits per heavy atom. The molecule has 0 spiro atoms. The number of aromatic amines is 1. The second-order valence-electron chi connectivity index (χ2n) is 5.80. The van der Waals surface area contributed by atoms with Crippen LogP contribution in [0, 0.1) is 17.2 Å².